The summed E-state index contributed by atoms with van der Waals surface area (Å²) in [5, 5.41) is 0. The van der Waals surface area contributed by atoms with Gasteiger partial charge in [-0.2, -0.15) is 0 Å². The van der Waals surface area contributed by atoms with Crippen LogP contribution in [0.1, 0.15) is 30.3 Å². The van der Waals surface area contributed by atoms with E-state index in [1.54, 1.807) is 6.20 Å². The molecule has 2 heterocycles. The number of nitrogens with one attached hydrogen (secondary N) is 1. The molecule has 1 fully saturated rings. The first kappa shape index (κ1) is 11.6. The van der Waals surface area contributed by atoms with Gasteiger partial charge in [0, 0.05) is 24.2 Å². The first-order valence-electron chi connectivity index (χ1n) is 5.55. The van der Waals surface area contributed by atoms with Gasteiger partial charge in [0.1, 0.15) is 5.82 Å². The smallest absolute Gasteiger partial charge is 0.150 e. The van der Waals surface area contributed by atoms with E-state index < -0.39 is 9.84 Å². The van der Waals surface area contributed by atoms with E-state index in [4.69, 9.17) is 5.73 Å². The fourth-order valence-corrected chi connectivity index (χ4v) is 3.85. The number of nitrogens with zero attached hydrogens (tertiary/aromatic N) is 1. The van der Waals surface area contributed by atoms with Gasteiger partial charge in [-0.05, 0) is 19.4 Å². The second-order valence-electron chi connectivity index (χ2n) is 4.28. The highest BCUT2D eigenvalue weighted by molar-refractivity contribution is 7.91. The van der Waals surface area contributed by atoms with E-state index in [0.717, 1.165) is 24.4 Å². The monoisotopic (exact) mass is 243 g/mol. The van der Waals surface area contributed by atoms with Gasteiger partial charge in [0.25, 0.3) is 0 Å². The molecule has 0 amide bonds. The predicted octanol–water partition coefficient (Wildman–Crippen LogP) is 0.203. The molecular formula is C10H17N3O2S. The number of sulfone groups is 1. The third kappa shape index (κ3) is 2.62. The van der Waals surface area contributed by atoms with Crippen LogP contribution in [0.25, 0.3) is 0 Å². The Balaban J connectivity index is 2.11. The van der Waals surface area contributed by atoms with Crippen molar-refractivity contribution >= 4 is 9.84 Å². The Morgan fingerprint density at radius 3 is 3.06 bits per heavy atom. The lowest BCUT2D eigenvalue weighted by Crippen LogP contribution is -2.23. The lowest BCUT2D eigenvalue weighted by molar-refractivity contribution is 0.550. The molecule has 5 nitrogen and oxygen atoms in total. The zero-order valence-corrected chi connectivity index (χ0v) is 9.96. The van der Waals surface area contributed by atoms with Crippen LogP contribution in [0, 0.1) is 0 Å². The largest absolute Gasteiger partial charge is 0.346 e. The summed E-state index contributed by atoms with van der Waals surface area (Å²) in [6.45, 7) is 0.552. The van der Waals surface area contributed by atoms with Gasteiger partial charge in [-0.15, -0.1) is 0 Å². The highest BCUT2D eigenvalue weighted by atomic mass is 32.2. The molecule has 1 saturated heterocycles. The Labute approximate surface area is 95.4 Å². The molecule has 0 bridgehead atoms. The summed E-state index contributed by atoms with van der Waals surface area (Å²) < 4.78 is 23.0. The van der Waals surface area contributed by atoms with Crippen molar-refractivity contribution in [2.45, 2.75) is 25.2 Å². The molecule has 1 aliphatic rings. The second kappa shape index (κ2) is 4.55. The molecule has 2 rings (SSSR count). The number of hydrogen-bond acceptors (Lipinski definition) is 4. The van der Waals surface area contributed by atoms with Crippen LogP contribution in [-0.4, -0.2) is 36.4 Å². The minimum Gasteiger partial charge on any atom is -0.346 e. The summed E-state index contributed by atoms with van der Waals surface area (Å²) >= 11 is 0. The Morgan fingerprint density at radius 2 is 2.38 bits per heavy atom. The Hall–Kier alpha value is -0.880. The molecule has 6 heteroatoms. The zero-order valence-electron chi connectivity index (χ0n) is 9.15. The molecule has 0 aromatic carbocycles. The lowest BCUT2D eigenvalue weighted by Gasteiger charge is -2.20. The van der Waals surface area contributed by atoms with E-state index in [1.807, 2.05) is 0 Å². The molecule has 1 aromatic heterocycles. The Kier molecular flexibility index (Phi) is 3.30. The summed E-state index contributed by atoms with van der Waals surface area (Å²) in [6.07, 6.45) is 4.12. The van der Waals surface area contributed by atoms with Crippen LogP contribution in [0.2, 0.25) is 0 Å². The van der Waals surface area contributed by atoms with Crippen molar-refractivity contribution < 1.29 is 8.42 Å². The van der Waals surface area contributed by atoms with Crippen LogP contribution in [-0.2, 0) is 16.3 Å². The third-order valence-corrected chi connectivity index (χ3v) is 4.75. The van der Waals surface area contributed by atoms with E-state index in [2.05, 4.69) is 9.97 Å². The van der Waals surface area contributed by atoms with Crippen molar-refractivity contribution in [1.82, 2.24) is 9.97 Å². The number of nitrogens with two attached hydrogens (primary N) is 1. The number of hydrogen-bond donors (Lipinski definition) is 2. The molecule has 0 spiro atoms. The Bertz CT molecular complexity index is 452. The normalized spacial score (nSPS) is 24.4. The van der Waals surface area contributed by atoms with Crippen LogP contribution in [0.15, 0.2) is 6.20 Å². The maximum absolute atomic E-state index is 11.5. The SMILES string of the molecule is NCCc1ncc(C2CCCS(=O)(=O)C2)[nH]1. The summed E-state index contributed by atoms with van der Waals surface area (Å²) in [6, 6.07) is 0. The second-order valence-corrected chi connectivity index (χ2v) is 6.51. The number of aromatic amines is 1. The van der Waals surface area contributed by atoms with Crippen molar-refractivity contribution in [2.75, 3.05) is 18.1 Å². The van der Waals surface area contributed by atoms with E-state index in [0.29, 0.717) is 18.7 Å². The van der Waals surface area contributed by atoms with Gasteiger partial charge in [0.15, 0.2) is 9.84 Å². The molecule has 16 heavy (non-hydrogen) atoms. The van der Waals surface area contributed by atoms with E-state index >= 15 is 0 Å². The first-order chi connectivity index (χ1) is 7.61. The summed E-state index contributed by atoms with van der Waals surface area (Å²) in [4.78, 5) is 7.36. The molecule has 3 N–H and O–H groups in total. The summed E-state index contributed by atoms with van der Waals surface area (Å²) in [5.74, 6) is 1.50. The molecule has 1 aromatic rings. The minimum absolute atomic E-state index is 0.0813. The van der Waals surface area contributed by atoms with E-state index in [9.17, 15) is 8.42 Å². The molecule has 1 unspecified atom stereocenters. The third-order valence-electron chi connectivity index (χ3n) is 2.93. The highest BCUT2D eigenvalue weighted by Crippen LogP contribution is 2.26. The minimum atomic E-state index is -2.86. The first-order valence-corrected chi connectivity index (χ1v) is 7.37. The van der Waals surface area contributed by atoms with Gasteiger partial charge >= 0.3 is 0 Å². The van der Waals surface area contributed by atoms with Gasteiger partial charge in [0.05, 0.1) is 11.5 Å². The number of aromatic nitrogens is 2. The van der Waals surface area contributed by atoms with Gasteiger partial charge in [-0.1, -0.05) is 0 Å². The maximum Gasteiger partial charge on any atom is 0.150 e. The summed E-state index contributed by atoms with van der Waals surface area (Å²) in [7, 11) is -2.86. The van der Waals surface area contributed by atoms with Crippen molar-refractivity contribution in [3.63, 3.8) is 0 Å². The molecule has 90 valence electrons. The molecule has 0 saturated carbocycles. The van der Waals surface area contributed by atoms with Gasteiger partial charge in [-0.25, -0.2) is 13.4 Å². The predicted molar refractivity (Wildman–Crippen MR) is 62.0 cm³/mol. The fourth-order valence-electron chi connectivity index (χ4n) is 2.12. The standard InChI is InChI=1S/C10H17N3O2S/c11-4-3-10-12-6-9(13-10)8-2-1-5-16(14,15)7-8/h6,8H,1-5,7,11H2,(H,12,13). The molecular weight excluding hydrogens is 226 g/mol. The van der Waals surface area contributed by atoms with Gasteiger partial charge in [-0.3, -0.25) is 0 Å². The van der Waals surface area contributed by atoms with Crippen LogP contribution in [0.3, 0.4) is 0 Å². The Morgan fingerprint density at radius 1 is 1.56 bits per heavy atom. The van der Waals surface area contributed by atoms with Crippen LogP contribution in [0.4, 0.5) is 0 Å². The van der Waals surface area contributed by atoms with Crippen molar-refractivity contribution in [2.24, 2.45) is 5.73 Å². The average Bonchev–Trinajstić information content (AvgIpc) is 2.65. The van der Waals surface area contributed by atoms with Crippen molar-refractivity contribution in [3.05, 3.63) is 17.7 Å². The number of imidazole rings is 1. The quantitative estimate of drug-likeness (QED) is 0.794. The van der Waals surface area contributed by atoms with Gasteiger partial charge < -0.3 is 10.7 Å². The van der Waals surface area contributed by atoms with Crippen LogP contribution < -0.4 is 5.73 Å². The molecule has 1 aliphatic heterocycles. The zero-order chi connectivity index (χ0) is 11.6. The van der Waals surface area contributed by atoms with Crippen molar-refractivity contribution in [3.8, 4) is 0 Å². The van der Waals surface area contributed by atoms with E-state index in [-0.39, 0.29) is 11.7 Å². The maximum atomic E-state index is 11.5. The highest BCUT2D eigenvalue weighted by Gasteiger charge is 2.26. The van der Waals surface area contributed by atoms with Crippen molar-refractivity contribution in [1.29, 1.82) is 0 Å². The lowest BCUT2D eigenvalue weighted by atomic mass is 10.0. The van der Waals surface area contributed by atoms with Crippen LogP contribution >= 0.6 is 0 Å². The molecule has 0 radical (unpaired) electrons. The van der Waals surface area contributed by atoms with Crippen LogP contribution in [0.5, 0.6) is 0 Å². The number of H-pyrrole nitrogens is 1. The molecule has 0 aliphatic carbocycles. The molecule has 1 atom stereocenters. The number of rotatable bonds is 3. The topological polar surface area (TPSA) is 88.8 Å². The average molecular weight is 243 g/mol. The summed E-state index contributed by atoms with van der Waals surface area (Å²) in [5.41, 5.74) is 6.37. The fraction of sp³-hybridized carbons (Fsp3) is 0.700. The van der Waals surface area contributed by atoms with Gasteiger partial charge in [0.2, 0.25) is 0 Å². The van der Waals surface area contributed by atoms with E-state index in [1.165, 1.54) is 0 Å².